The summed E-state index contributed by atoms with van der Waals surface area (Å²) in [6, 6.07) is 22.5. The molecule has 1 aliphatic rings. The van der Waals surface area contributed by atoms with Gasteiger partial charge in [-0.3, -0.25) is 9.59 Å². The number of hydrogen-bond acceptors (Lipinski definition) is 5. The molecule has 0 aromatic heterocycles. The van der Waals surface area contributed by atoms with Crippen LogP contribution >= 0.6 is 27.7 Å². The Labute approximate surface area is 259 Å². The average Bonchev–Trinajstić information content (AvgIpc) is 3.30. The van der Waals surface area contributed by atoms with Crippen LogP contribution in [0.4, 0.5) is 4.79 Å². The number of aliphatic hydroxyl groups is 1. The molecule has 0 radical (unpaired) electrons. The van der Waals surface area contributed by atoms with Crippen LogP contribution < -0.4 is 16.0 Å². The van der Waals surface area contributed by atoms with Crippen molar-refractivity contribution in [1.82, 2.24) is 20.9 Å². The number of carbonyl (C=O) groups is 3. The standard InChI is InChI=1S/C32H37BrN4O4S/c1-21-11-7-8-14-23(21)18-34-29(39)28-32(2,3)42-20-37(28)30(40)27(38)26(17-22-12-5-4-6-13-22)36-31(41)35-19-24-15-9-10-16-25(24)33/h4-16,26-28,38H,17-20H2,1-3H3,(H,34,39)(H2,35,36,41)/t26-,27-,28+/m0/s1. The van der Waals surface area contributed by atoms with Gasteiger partial charge < -0.3 is 26.0 Å². The first-order valence-electron chi connectivity index (χ1n) is 13.8. The van der Waals surface area contributed by atoms with Crippen molar-refractivity contribution >= 4 is 45.5 Å². The molecule has 3 atom stereocenters. The Bertz CT molecular complexity index is 1400. The highest BCUT2D eigenvalue weighted by molar-refractivity contribution is 9.10. The zero-order chi connectivity index (χ0) is 30.3. The lowest BCUT2D eigenvalue weighted by atomic mass is 9.97. The van der Waals surface area contributed by atoms with E-state index in [1.165, 1.54) is 16.7 Å². The van der Waals surface area contributed by atoms with E-state index in [9.17, 15) is 19.5 Å². The molecule has 1 saturated heterocycles. The highest BCUT2D eigenvalue weighted by Gasteiger charge is 2.49. The number of urea groups is 1. The fraction of sp³-hybridized carbons (Fsp3) is 0.344. The van der Waals surface area contributed by atoms with Gasteiger partial charge >= 0.3 is 6.03 Å². The second kappa shape index (κ2) is 14.2. The Morgan fingerprint density at radius 3 is 2.26 bits per heavy atom. The molecule has 0 saturated carbocycles. The van der Waals surface area contributed by atoms with Crippen LogP contribution in [0.5, 0.6) is 0 Å². The van der Waals surface area contributed by atoms with Gasteiger partial charge in [-0.15, -0.1) is 11.8 Å². The number of nitrogens with zero attached hydrogens (tertiary/aromatic N) is 1. The molecule has 4 N–H and O–H groups in total. The van der Waals surface area contributed by atoms with Gasteiger partial charge in [0.2, 0.25) is 5.91 Å². The van der Waals surface area contributed by atoms with E-state index in [4.69, 9.17) is 0 Å². The Morgan fingerprint density at radius 1 is 0.952 bits per heavy atom. The summed E-state index contributed by atoms with van der Waals surface area (Å²) < 4.78 is 0.288. The lowest BCUT2D eigenvalue weighted by molar-refractivity contribution is -0.147. The van der Waals surface area contributed by atoms with Crippen LogP contribution in [-0.2, 0) is 29.1 Å². The van der Waals surface area contributed by atoms with Crippen molar-refractivity contribution in [1.29, 1.82) is 0 Å². The summed E-state index contributed by atoms with van der Waals surface area (Å²) in [4.78, 5) is 41.7. The molecule has 222 valence electrons. The molecule has 1 aliphatic heterocycles. The molecule has 0 bridgehead atoms. The van der Waals surface area contributed by atoms with Gasteiger partial charge in [-0.1, -0.05) is 88.7 Å². The number of amides is 4. The quantitative estimate of drug-likeness (QED) is 0.257. The first-order chi connectivity index (χ1) is 20.1. The Hall–Kier alpha value is -3.34. The van der Waals surface area contributed by atoms with Crippen molar-refractivity contribution in [3.05, 3.63) is 106 Å². The molecule has 0 spiro atoms. The van der Waals surface area contributed by atoms with Crippen LogP contribution in [0.15, 0.2) is 83.3 Å². The fourth-order valence-electron chi connectivity index (χ4n) is 4.99. The summed E-state index contributed by atoms with van der Waals surface area (Å²) in [5.74, 6) is -0.638. The number of halogens is 1. The summed E-state index contributed by atoms with van der Waals surface area (Å²) in [7, 11) is 0. The van der Waals surface area contributed by atoms with Crippen molar-refractivity contribution in [3.63, 3.8) is 0 Å². The van der Waals surface area contributed by atoms with E-state index in [0.717, 1.165) is 26.7 Å². The van der Waals surface area contributed by atoms with Crippen LogP contribution in [0.1, 0.15) is 36.1 Å². The number of hydrogen-bond donors (Lipinski definition) is 4. The molecule has 4 amide bonds. The molecular formula is C32H37BrN4O4S. The van der Waals surface area contributed by atoms with Gasteiger partial charge in [0, 0.05) is 22.3 Å². The van der Waals surface area contributed by atoms with E-state index in [-0.39, 0.29) is 24.7 Å². The Kier molecular flexibility index (Phi) is 10.7. The van der Waals surface area contributed by atoms with Crippen molar-refractivity contribution in [2.75, 3.05) is 5.88 Å². The van der Waals surface area contributed by atoms with Gasteiger partial charge in [0.25, 0.3) is 5.91 Å². The van der Waals surface area contributed by atoms with Crippen LogP contribution in [0.25, 0.3) is 0 Å². The normalized spacial score (nSPS) is 17.3. The molecule has 10 heteroatoms. The topological polar surface area (TPSA) is 111 Å². The van der Waals surface area contributed by atoms with Gasteiger partial charge in [-0.2, -0.15) is 0 Å². The third-order valence-corrected chi connectivity index (χ3v) is 9.59. The second-order valence-corrected chi connectivity index (χ2v) is 13.3. The molecule has 3 aromatic rings. The molecule has 0 aliphatic carbocycles. The summed E-state index contributed by atoms with van der Waals surface area (Å²) in [5.41, 5.74) is 3.80. The van der Waals surface area contributed by atoms with Gasteiger partial charge in [-0.25, -0.2) is 4.79 Å². The van der Waals surface area contributed by atoms with Gasteiger partial charge in [0.05, 0.1) is 11.9 Å². The molecule has 8 nitrogen and oxygen atoms in total. The summed E-state index contributed by atoms with van der Waals surface area (Å²) in [5, 5.41) is 20.0. The summed E-state index contributed by atoms with van der Waals surface area (Å²) in [6.07, 6.45) is -1.34. The van der Waals surface area contributed by atoms with Gasteiger partial charge in [0.15, 0.2) is 6.10 Å². The van der Waals surface area contributed by atoms with Crippen molar-refractivity contribution in [2.45, 2.75) is 63.2 Å². The first-order valence-corrected chi connectivity index (χ1v) is 15.6. The highest BCUT2D eigenvalue weighted by Crippen LogP contribution is 2.40. The zero-order valence-corrected chi connectivity index (χ0v) is 26.4. The minimum Gasteiger partial charge on any atom is -0.381 e. The maximum absolute atomic E-state index is 13.8. The highest BCUT2D eigenvalue weighted by atomic mass is 79.9. The van der Waals surface area contributed by atoms with Crippen LogP contribution in [0.2, 0.25) is 0 Å². The van der Waals surface area contributed by atoms with Crippen molar-refractivity contribution in [3.8, 4) is 0 Å². The molecule has 42 heavy (non-hydrogen) atoms. The van der Waals surface area contributed by atoms with E-state index in [1.807, 2.05) is 99.6 Å². The molecular weight excluding hydrogens is 616 g/mol. The number of thioether (sulfide) groups is 1. The predicted octanol–water partition coefficient (Wildman–Crippen LogP) is 4.53. The third-order valence-electron chi connectivity index (χ3n) is 7.44. The number of carbonyl (C=O) groups excluding carboxylic acids is 3. The number of rotatable bonds is 10. The van der Waals surface area contributed by atoms with Gasteiger partial charge in [0.1, 0.15) is 6.04 Å². The molecule has 4 rings (SSSR count). The van der Waals surface area contributed by atoms with Gasteiger partial charge in [-0.05, 0) is 55.5 Å². The van der Waals surface area contributed by atoms with Crippen LogP contribution in [-0.4, -0.2) is 56.7 Å². The number of aryl methyl sites for hydroxylation is 1. The molecule has 1 fully saturated rings. The average molecular weight is 654 g/mol. The summed E-state index contributed by atoms with van der Waals surface area (Å²) >= 11 is 4.96. The minimum atomic E-state index is -1.57. The molecule has 1 heterocycles. The Morgan fingerprint density at radius 2 is 1.57 bits per heavy atom. The van der Waals surface area contributed by atoms with Crippen LogP contribution in [0, 0.1) is 6.92 Å². The molecule has 0 unspecified atom stereocenters. The molecule has 3 aromatic carbocycles. The van der Waals surface area contributed by atoms with E-state index in [0.29, 0.717) is 6.54 Å². The maximum Gasteiger partial charge on any atom is 0.315 e. The van der Waals surface area contributed by atoms with E-state index < -0.39 is 34.9 Å². The van der Waals surface area contributed by atoms with Crippen molar-refractivity contribution in [2.24, 2.45) is 0 Å². The Balaban J connectivity index is 1.48. The number of benzene rings is 3. The second-order valence-electron chi connectivity index (χ2n) is 10.9. The fourth-order valence-corrected chi connectivity index (χ4v) is 6.55. The minimum absolute atomic E-state index is 0.227. The number of aliphatic hydroxyl groups excluding tert-OH is 1. The van der Waals surface area contributed by atoms with E-state index in [1.54, 1.807) is 0 Å². The number of nitrogens with one attached hydrogen (secondary N) is 3. The lowest BCUT2D eigenvalue weighted by Crippen LogP contribution is -2.59. The summed E-state index contributed by atoms with van der Waals surface area (Å²) in [6.45, 7) is 6.42. The third kappa shape index (κ3) is 7.93. The maximum atomic E-state index is 13.8. The first kappa shape index (κ1) is 31.6. The monoisotopic (exact) mass is 652 g/mol. The smallest absolute Gasteiger partial charge is 0.315 e. The van der Waals surface area contributed by atoms with Crippen molar-refractivity contribution < 1.29 is 19.5 Å². The zero-order valence-electron chi connectivity index (χ0n) is 24.0. The largest absolute Gasteiger partial charge is 0.381 e. The SMILES string of the molecule is Cc1ccccc1CNC(=O)[C@H]1N(C(=O)[C@@H](O)[C@H](Cc2ccccc2)NC(=O)NCc2ccccc2Br)CSC1(C)C. The van der Waals surface area contributed by atoms with Crippen LogP contribution in [0.3, 0.4) is 0 Å². The lowest BCUT2D eigenvalue weighted by Gasteiger charge is -2.33. The predicted molar refractivity (Wildman–Crippen MR) is 170 cm³/mol. The van der Waals surface area contributed by atoms with E-state index in [2.05, 4.69) is 31.9 Å². The van der Waals surface area contributed by atoms with E-state index >= 15 is 0 Å².